The van der Waals surface area contributed by atoms with Crippen LogP contribution < -0.4 is 16.0 Å². The number of hydrogen-bond donors (Lipinski definition) is 3. The molecule has 3 rings (SSSR count). The molecule has 0 radical (unpaired) electrons. The first-order valence-corrected chi connectivity index (χ1v) is 8.80. The predicted octanol–water partition coefficient (Wildman–Crippen LogP) is 5.30. The Labute approximate surface area is 162 Å². The van der Waals surface area contributed by atoms with Gasteiger partial charge in [0.25, 0.3) is 0 Å². The van der Waals surface area contributed by atoms with Crippen molar-refractivity contribution in [3.63, 3.8) is 0 Å². The number of hydrogen-bond acceptors (Lipinski definition) is 4. The Balaban J connectivity index is 1.60. The normalized spacial score (nSPS) is 10.3. The summed E-state index contributed by atoms with van der Waals surface area (Å²) in [5, 5.41) is 18.2. The molecule has 0 saturated carbocycles. The van der Waals surface area contributed by atoms with Crippen molar-refractivity contribution in [1.29, 1.82) is 0 Å². The smallest absolute Gasteiger partial charge is 0.175 e. The molecular weight excluding hydrogens is 366 g/mol. The maximum atomic E-state index is 5.73. The van der Waals surface area contributed by atoms with E-state index in [1.54, 1.807) is 12.1 Å². The summed E-state index contributed by atoms with van der Waals surface area (Å²) in [6.07, 6.45) is 0. The zero-order chi connectivity index (χ0) is 18.5. The van der Waals surface area contributed by atoms with E-state index in [1.165, 1.54) is 11.1 Å². The fourth-order valence-electron chi connectivity index (χ4n) is 2.34. The van der Waals surface area contributed by atoms with Crippen molar-refractivity contribution < 1.29 is 0 Å². The molecule has 3 N–H and O–H groups in total. The number of halogens is 1. The van der Waals surface area contributed by atoms with Gasteiger partial charge in [-0.25, -0.2) is 0 Å². The molecule has 0 amide bonds. The van der Waals surface area contributed by atoms with Crippen molar-refractivity contribution in [2.45, 2.75) is 13.8 Å². The third-order valence-electron chi connectivity index (χ3n) is 3.90. The van der Waals surface area contributed by atoms with E-state index in [0.717, 1.165) is 17.1 Å². The molecule has 0 saturated heterocycles. The Morgan fingerprint density at radius 2 is 1.62 bits per heavy atom. The van der Waals surface area contributed by atoms with Crippen LogP contribution in [0.1, 0.15) is 11.1 Å². The van der Waals surface area contributed by atoms with Crippen molar-refractivity contribution >= 4 is 51.8 Å². The minimum Gasteiger partial charge on any atom is -0.339 e. The first-order chi connectivity index (χ1) is 12.5. The monoisotopic (exact) mass is 383 g/mol. The minimum absolute atomic E-state index is 0.361. The van der Waals surface area contributed by atoms with Crippen LogP contribution in [0.2, 0.25) is 5.15 Å². The highest BCUT2D eigenvalue weighted by atomic mass is 35.5. The minimum atomic E-state index is 0.361. The summed E-state index contributed by atoms with van der Waals surface area (Å²) >= 11 is 11.1. The van der Waals surface area contributed by atoms with Crippen LogP contribution in [0.4, 0.5) is 22.9 Å². The first-order valence-electron chi connectivity index (χ1n) is 8.02. The second-order valence-corrected chi connectivity index (χ2v) is 6.57. The molecule has 5 nitrogen and oxygen atoms in total. The van der Waals surface area contributed by atoms with Crippen LogP contribution in [0, 0.1) is 13.8 Å². The van der Waals surface area contributed by atoms with Gasteiger partial charge in [0.15, 0.2) is 16.1 Å². The molecule has 0 aliphatic heterocycles. The third-order valence-corrected chi connectivity index (χ3v) is 4.31. The van der Waals surface area contributed by atoms with Crippen LogP contribution in [0.5, 0.6) is 0 Å². The Hall–Kier alpha value is -2.70. The predicted molar refractivity (Wildman–Crippen MR) is 113 cm³/mol. The molecular formula is C19H18ClN5S. The van der Waals surface area contributed by atoms with Crippen molar-refractivity contribution in [2.75, 3.05) is 16.0 Å². The van der Waals surface area contributed by atoms with Gasteiger partial charge in [-0.1, -0.05) is 23.7 Å². The van der Waals surface area contributed by atoms with Crippen LogP contribution in [-0.4, -0.2) is 15.3 Å². The van der Waals surface area contributed by atoms with E-state index in [-0.39, 0.29) is 0 Å². The van der Waals surface area contributed by atoms with Gasteiger partial charge in [0, 0.05) is 17.1 Å². The van der Waals surface area contributed by atoms with Crippen LogP contribution >= 0.6 is 23.8 Å². The number of thiocarbonyl (C=S) groups is 1. The highest BCUT2D eigenvalue weighted by Gasteiger charge is 2.04. The van der Waals surface area contributed by atoms with Gasteiger partial charge in [0.05, 0.1) is 0 Å². The van der Waals surface area contributed by atoms with E-state index in [4.69, 9.17) is 23.8 Å². The van der Waals surface area contributed by atoms with Gasteiger partial charge in [-0.15, -0.1) is 10.2 Å². The van der Waals surface area contributed by atoms with Gasteiger partial charge in [0.1, 0.15) is 0 Å². The molecule has 1 heterocycles. The molecule has 132 valence electrons. The number of nitrogens with zero attached hydrogens (tertiary/aromatic N) is 2. The summed E-state index contributed by atoms with van der Waals surface area (Å²) in [6.45, 7) is 4.15. The molecule has 26 heavy (non-hydrogen) atoms. The van der Waals surface area contributed by atoms with Gasteiger partial charge >= 0.3 is 0 Å². The van der Waals surface area contributed by atoms with E-state index in [9.17, 15) is 0 Å². The fraction of sp³-hybridized carbons (Fsp3) is 0.105. The standard InChI is InChI=1S/C19H18ClN5S/c1-12-4-3-5-16(13(12)2)23-19(26)22-15-8-6-14(7-9-15)21-18-11-10-17(20)24-25-18/h3-11H,1-2H3,(H,21,25)(H2,22,23,26). The van der Waals surface area contributed by atoms with Crippen LogP contribution in [0.3, 0.4) is 0 Å². The largest absolute Gasteiger partial charge is 0.339 e. The zero-order valence-corrected chi connectivity index (χ0v) is 15.9. The summed E-state index contributed by atoms with van der Waals surface area (Å²) < 4.78 is 0. The highest BCUT2D eigenvalue weighted by molar-refractivity contribution is 7.80. The summed E-state index contributed by atoms with van der Waals surface area (Å²) in [7, 11) is 0. The van der Waals surface area contributed by atoms with E-state index >= 15 is 0 Å². The average molecular weight is 384 g/mol. The summed E-state index contributed by atoms with van der Waals surface area (Å²) in [6, 6.07) is 17.3. The van der Waals surface area contributed by atoms with E-state index in [0.29, 0.717) is 16.1 Å². The number of benzene rings is 2. The fourth-order valence-corrected chi connectivity index (χ4v) is 2.67. The lowest BCUT2D eigenvalue weighted by Gasteiger charge is -2.14. The molecule has 0 bridgehead atoms. The molecule has 0 aliphatic carbocycles. The summed E-state index contributed by atoms with van der Waals surface area (Å²) in [5.74, 6) is 0.627. The Morgan fingerprint density at radius 1 is 0.885 bits per heavy atom. The summed E-state index contributed by atoms with van der Waals surface area (Å²) in [5.41, 5.74) is 5.18. The number of nitrogens with one attached hydrogen (secondary N) is 3. The second kappa shape index (κ2) is 8.12. The lowest BCUT2D eigenvalue weighted by Crippen LogP contribution is -2.19. The quantitative estimate of drug-likeness (QED) is 0.531. The number of anilines is 4. The molecule has 2 aromatic carbocycles. The summed E-state index contributed by atoms with van der Waals surface area (Å²) in [4.78, 5) is 0. The first kappa shape index (κ1) is 18.1. The molecule has 3 aromatic rings. The van der Waals surface area contributed by atoms with Gasteiger partial charge in [-0.2, -0.15) is 0 Å². The number of aryl methyl sites for hydroxylation is 1. The van der Waals surface area contributed by atoms with Gasteiger partial charge in [-0.3, -0.25) is 0 Å². The van der Waals surface area contributed by atoms with Crippen molar-refractivity contribution in [1.82, 2.24) is 10.2 Å². The third kappa shape index (κ3) is 4.68. The van der Waals surface area contributed by atoms with Crippen LogP contribution in [0.15, 0.2) is 54.6 Å². The number of aromatic nitrogens is 2. The zero-order valence-electron chi connectivity index (χ0n) is 14.4. The van der Waals surface area contributed by atoms with Gasteiger partial charge < -0.3 is 16.0 Å². The molecule has 0 fully saturated rings. The average Bonchev–Trinajstić information content (AvgIpc) is 2.62. The van der Waals surface area contributed by atoms with Crippen molar-refractivity contribution in [3.8, 4) is 0 Å². The Kier molecular flexibility index (Phi) is 5.65. The maximum Gasteiger partial charge on any atom is 0.175 e. The second-order valence-electron chi connectivity index (χ2n) is 5.77. The van der Waals surface area contributed by atoms with E-state index < -0.39 is 0 Å². The lowest BCUT2D eigenvalue weighted by atomic mass is 10.1. The van der Waals surface area contributed by atoms with Crippen LogP contribution in [0.25, 0.3) is 0 Å². The molecule has 0 atom stereocenters. The Morgan fingerprint density at radius 3 is 2.31 bits per heavy atom. The van der Waals surface area contributed by atoms with Crippen LogP contribution in [-0.2, 0) is 0 Å². The van der Waals surface area contributed by atoms with Gasteiger partial charge in [-0.05, 0) is 79.7 Å². The van der Waals surface area contributed by atoms with E-state index in [2.05, 4.69) is 46.1 Å². The maximum absolute atomic E-state index is 5.73. The topological polar surface area (TPSA) is 61.9 Å². The lowest BCUT2D eigenvalue weighted by molar-refractivity contribution is 1.04. The SMILES string of the molecule is Cc1cccc(NC(=S)Nc2ccc(Nc3ccc(Cl)nn3)cc2)c1C. The van der Waals surface area contributed by atoms with E-state index in [1.807, 2.05) is 36.4 Å². The van der Waals surface area contributed by atoms with Gasteiger partial charge in [0.2, 0.25) is 0 Å². The Bertz CT molecular complexity index is 910. The molecule has 7 heteroatoms. The molecule has 0 aliphatic rings. The number of rotatable bonds is 4. The molecule has 1 aromatic heterocycles. The highest BCUT2D eigenvalue weighted by Crippen LogP contribution is 2.20. The van der Waals surface area contributed by atoms with Crippen molar-refractivity contribution in [2.24, 2.45) is 0 Å². The molecule has 0 spiro atoms. The molecule has 0 unspecified atom stereocenters. The van der Waals surface area contributed by atoms with Crippen molar-refractivity contribution in [3.05, 3.63) is 70.9 Å².